The normalized spacial score (nSPS) is 11.3. The van der Waals surface area contributed by atoms with Crippen LogP contribution in [0.15, 0.2) is 47.4 Å². The summed E-state index contributed by atoms with van der Waals surface area (Å²) in [4.78, 5) is 13.4. The molecule has 0 aliphatic rings. The van der Waals surface area contributed by atoms with Crippen LogP contribution in [0, 0.1) is 25.2 Å². The van der Waals surface area contributed by atoms with Gasteiger partial charge in [-0.1, -0.05) is 29.3 Å². The molecule has 0 aliphatic carbocycles. The highest BCUT2D eigenvalue weighted by Gasteiger charge is 2.14. The molecular weight excluding hydrogens is 413 g/mol. The van der Waals surface area contributed by atoms with Crippen LogP contribution in [-0.4, -0.2) is 10.5 Å². The summed E-state index contributed by atoms with van der Waals surface area (Å²) in [7, 11) is 0. The van der Waals surface area contributed by atoms with Crippen molar-refractivity contribution in [2.75, 3.05) is 0 Å². The number of amides is 1. The Kier molecular flexibility index (Phi) is 6.25. The molecule has 0 atom stereocenters. The molecule has 1 aromatic carbocycles. The second-order valence-electron chi connectivity index (χ2n) is 6.22. The summed E-state index contributed by atoms with van der Waals surface area (Å²) in [5.41, 5.74) is 3.50. The molecule has 4 nitrogen and oxygen atoms in total. The van der Waals surface area contributed by atoms with Gasteiger partial charge in [-0.15, -0.1) is 11.3 Å². The number of hydrogen-bond donors (Lipinski definition) is 1. The number of nitrogens with zero attached hydrogens (tertiary/aromatic N) is 2. The number of carbonyl (C=O) groups is 1. The van der Waals surface area contributed by atoms with Crippen LogP contribution in [0.2, 0.25) is 10.0 Å². The predicted octanol–water partition coefficient (Wildman–Crippen LogP) is 5.69. The Bertz CT molecular complexity index is 1070. The fourth-order valence-electron chi connectivity index (χ4n) is 2.98. The minimum atomic E-state index is -0.397. The third-order valence-electron chi connectivity index (χ3n) is 4.24. The van der Waals surface area contributed by atoms with Crippen molar-refractivity contribution in [2.45, 2.75) is 20.4 Å². The first-order valence-electron chi connectivity index (χ1n) is 8.47. The van der Waals surface area contributed by atoms with Gasteiger partial charge in [0.05, 0.1) is 6.54 Å². The van der Waals surface area contributed by atoms with Crippen LogP contribution in [-0.2, 0) is 11.3 Å². The lowest BCUT2D eigenvalue weighted by Crippen LogP contribution is -2.23. The zero-order chi connectivity index (χ0) is 20.3. The number of benzene rings is 1. The molecule has 2 heterocycles. The van der Waals surface area contributed by atoms with Crippen LogP contribution in [0.25, 0.3) is 11.8 Å². The summed E-state index contributed by atoms with van der Waals surface area (Å²) < 4.78 is 1.99. The maximum Gasteiger partial charge on any atom is 0.262 e. The highest BCUT2D eigenvalue weighted by atomic mass is 35.5. The summed E-state index contributed by atoms with van der Waals surface area (Å²) >= 11 is 13.8. The Balaban J connectivity index is 1.90. The Morgan fingerprint density at radius 1 is 1.25 bits per heavy atom. The zero-order valence-electron chi connectivity index (χ0n) is 15.3. The van der Waals surface area contributed by atoms with E-state index < -0.39 is 5.91 Å². The van der Waals surface area contributed by atoms with E-state index >= 15 is 0 Å². The molecule has 3 rings (SSSR count). The second-order valence-corrected chi connectivity index (χ2v) is 8.13. The van der Waals surface area contributed by atoms with Crippen LogP contribution in [0.4, 0.5) is 0 Å². The standard InChI is InChI=1S/C21H17Cl2N3OS/c1-13-6-15(14(2)26(13)19-9-17(22)8-18(23)10-19)7-16(11-24)21(27)25-12-20-4-3-5-28-20/h3-10H,12H2,1-2H3,(H,25,27)/b16-7+. The summed E-state index contributed by atoms with van der Waals surface area (Å²) in [5, 5.41) is 15.3. The van der Waals surface area contributed by atoms with Crippen molar-refractivity contribution >= 4 is 46.5 Å². The van der Waals surface area contributed by atoms with Gasteiger partial charge >= 0.3 is 0 Å². The number of aromatic nitrogens is 1. The van der Waals surface area contributed by atoms with Crippen LogP contribution < -0.4 is 5.32 Å². The molecule has 28 heavy (non-hydrogen) atoms. The van der Waals surface area contributed by atoms with Crippen LogP contribution in [0.3, 0.4) is 0 Å². The minimum Gasteiger partial charge on any atom is -0.347 e. The number of nitrogens with one attached hydrogen (secondary N) is 1. The highest BCUT2D eigenvalue weighted by molar-refractivity contribution is 7.09. The van der Waals surface area contributed by atoms with Gasteiger partial charge in [0.25, 0.3) is 5.91 Å². The van der Waals surface area contributed by atoms with E-state index in [0.717, 1.165) is 27.5 Å². The van der Waals surface area contributed by atoms with Crippen LogP contribution >= 0.6 is 34.5 Å². The molecule has 1 N–H and O–H groups in total. The molecule has 0 saturated heterocycles. The number of nitriles is 1. The Hall–Kier alpha value is -2.52. The highest BCUT2D eigenvalue weighted by Crippen LogP contribution is 2.27. The summed E-state index contributed by atoms with van der Waals surface area (Å²) in [6.45, 7) is 4.27. The monoisotopic (exact) mass is 429 g/mol. The van der Waals surface area contributed by atoms with Gasteiger partial charge in [0, 0.05) is 32.0 Å². The van der Waals surface area contributed by atoms with E-state index in [9.17, 15) is 10.1 Å². The van der Waals surface area contributed by atoms with Gasteiger partial charge in [-0.05, 0) is 61.2 Å². The first kappa shape index (κ1) is 20.2. The molecule has 0 saturated carbocycles. The third kappa shape index (κ3) is 4.48. The van der Waals surface area contributed by atoms with E-state index in [1.54, 1.807) is 23.5 Å². The molecule has 7 heteroatoms. The predicted molar refractivity (Wildman–Crippen MR) is 115 cm³/mol. The third-order valence-corrected chi connectivity index (χ3v) is 5.56. The summed E-state index contributed by atoms with van der Waals surface area (Å²) in [5.74, 6) is -0.397. The average Bonchev–Trinajstić information content (AvgIpc) is 3.24. The van der Waals surface area contributed by atoms with Crippen molar-refractivity contribution < 1.29 is 4.79 Å². The van der Waals surface area contributed by atoms with Crippen LogP contribution in [0.1, 0.15) is 21.8 Å². The number of thiophene rings is 1. The van der Waals surface area contributed by atoms with E-state index in [4.69, 9.17) is 23.2 Å². The van der Waals surface area contributed by atoms with Crippen molar-refractivity contribution in [3.63, 3.8) is 0 Å². The van der Waals surface area contributed by atoms with Crippen molar-refractivity contribution in [3.05, 3.63) is 79.2 Å². The SMILES string of the molecule is Cc1cc(/C=C(\C#N)C(=O)NCc2cccs2)c(C)n1-c1cc(Cl)cc(Cl)c1. The molecule has 0 fully saturated rings. The molecule has 0 aliphatic heterocycles. The number of rotatable bonds is 5. The molecule has 0 spiro atoms. The van der Waals surface area contributed by atoms with E-state index in [2.05, 4.69) is 5.32 Å². The van der Waals surface area contributed by atoms with Gasteiger partial charge in [-0.3, -0.25) is 4.79 Å². The van der Waals surface area contributed by atoms with Gasteiger partial charge in [-0.2, -0.15) is 5.26 Å². The van der Waals surface area contributed by atoms with E-state index in [1.165, 1.54) is 0 Å². The Labute approximate surface area is 177 Å². The molecule has 1 amide bonds. The molecule has 0 radical (unpaired) electrons. The van der Waals surface area contributed by atoms with Crippen molar-refractivity contribution in [1.29, 1.82) is 5.26 Å². The molecule has 0 unspecified atom stereocenters. The first-order valence-corrected chi connectivity index (χ1v) is 10.1. The number of aryl methyl sites for hydroxylation is 1. The quantitative estimate of drug-likeness (QED) is 0.418. The van der Waals surface area contributed by atoms with E-state index in [0.29, 0.717) is 16.6 Å². The van der Waals surface area contributed by atoms with Gasteiger partial charge in [0.15, 0.2) is 0 Å². The lowest BCUT2D eigenvalue weighted by molar-refractivity contribution is -0.117. The Morgan fingerprint density at radius 3 is 2.57 bits per heavy atom. The van der Waals surface area contributed by atoms with Gasteiger partial charge in [0.1, 0.15) is 11.6 Å². The lowest BCUT2D eigenvalue weighted by atomic mass is 10.1. The summed E-state index contributed by atoms with van der Waals surface area (Å²) in [6, 6.07) is 13.1. The molecule has 3 aromatic rings. The van der Waals surface area contributed by atoms with Crippen molar-refractivity contribution in [3.8, 4) is 11.8 Å². The average molecular weight is 430 g/mol. The molecule has 0 bridgehead atoms. The van der Waals surface area contributed by atoms with E-state index in [1.807, 2.05) is 60.2 Å². The van der Waals surface area contributed by atoms with E-state index in [-0.39, 0.29) is 5.57 Å². The maximum absolute atomic E-state index is 12.4. The Morgan fingerprint density at radius 2 is 1.96 bits per heavy atom. The smallest absolute Gasteiger partial charge is 0.262 e. The van der Waals surface area contributed by atoms with Gasteiger partial charge < -0.3 is 9.88 Å². The number of halogens is 2. The van der Waals surface area contributed by atoms with Crippen molar-refractivity contribution in [1.82, 2.24) is 9.88 Å². The zero-order valence-corrected chi connectivity index (χ0v) is 17.6. The molecule has 142 valence electrons. The summed E-state index contributed by atoms with van der Waals surface area (Å²) in [6.07, 6.45) is 1.61. The van der Waals surface area contributed by atoms with Crippen LogP contribution in [0.5, 0.6) is 0 Å². The minimum absolute atomic E-state index is 0.0564. The first-order chi connectivity index (χ1) is 13.4. The second kappa shape index (κ2) is 8.66. The fraction of sp³-hybridized carbons (Fsp3) is 0.143. The topological polar surface area (TPSA) is 57.8 Å². The maximum atomic E-state index is 12.4. The number of hydrogen-bond acceptors (Lipinski definition) is 3. The fourth-order valence-corrected chi connectivity index (χ4v) is 4.14. The molecular formula is C21H17Cl2N3OS. The van der Waals surface area contributed by atoms with Gasteiger partial charge in [0.2, 0.25) is 0 Å². The lowest BCUT2D eigenvalue weighted by Gasteiger charge is -2.11. The molecule has 2 aromatic heterocycles. The number of carbonyl (C=O) groups excluding carboxylic acids is 1. The van der Waals surface area contributed by atoms with Gasteiger partial charge in [-0.25, -0.2) is 0 Å². The largest absolute Gasteiger partial charge is 0.347 e. The van der Waals surface area contributed by atoms with Crippen molar-refractivity contribution in [2.24, 2.45) is 0 Å².